The third kappa shape index (κ3) is 3.08. The van der Waals surface area contributed by atoms with E-state index in [0.29, 0.717) is 13.0 Å². The van der Waals surface area contributed by atoms with Gasteiger partial charge in [0.05, 0.1) is 0 Å². The van der Waals surface area contributed by atoms with E-state index in [1.165, 1.54) is 5.56 Å². The summed E-state index contributed by atoms with van der Waals surface area (Å²) in [7, 11) is 0. The number of fused-ring (bicyclic) bond motifs is 1. The third-order valence-electron chi connectivity index (χ3n) is 5.83. The second kappa shape index (κ2) is 6.46. The number of ether oxygens (including phenoxy) is 2. The van der Waals surface area contributed by atoms with Crippen LogP contribution in [0, 0.1) is 5.21 Å². The van der Waals surface area contributed by atoms with Crippen LogP contribution in [0.25, 0.3) is 0 Å². The van der Waals surface area contributed by atoms with E-state index < -0.39 is 5.79 Å². The Bertz CT molecular complexity index is 748. The molecular formula is C22H27NO3. The number of quaternary nitrogens is 1. The smallest absolute Gasteiger partial charge is 0.164 e. The van der Waals surface area contributed by atoms with Crippen LogP contribution < -0.4 is 0 Å². The third-order valence-corrected chi connectivity index (χ3v) is 5.83. The average Bonchev–Trinajstić information content (AvgIpc) is 3.03. The van der Waals surface area contributed by atoms with Crippen LogP contribution in [0.4, 0.5) is 0 Å². The molecule has 0 aromatic heterocycles. The van der Waals surface area contributed by atoms with E-state index in [2.05, 4.69) is 12.1 Å². The molecule has 4 rings (SSSR count). The molecular weight excluding hydrogens is 326 g/mol. The van der Waals surface area contributed by atoms with Crippen LogP contribution in [0.15, 0.2) is 60.7 Å². The average molecular weight is 353 g/mol. The number of hydrogen-bond acceptors (Lipinski definition) is 3. The Hall–Kier alpha value is -1.72. The molecule has 5 atom stereocenters. The zero-order valence-corrected chi connectivity index (χ0v) is 15.7. The van der Waals surface area contributed by atoms with Crippen LogP contribution in [0.5, 0.6) is 0 Å². The van der Waals surface area contributed by atoms with Gasteiger partial charge in [0, 0.05) is 12.0 Å². The van der Waals surface area contributed by atoms with Gasteiger partial charge in [-0.3, -0.25) is 0 Å². The molecule has 0 saturated carbocycles. The number of rotatable bonds is 4. The maximum absolute atomic E-state index is 14.1. The maximum Gasteiger partial charge on any atom is 0.164 e. The van der Waals surface area contributed by atoms with E-state index in [1.54, 1.807) is 0 Å². The van der Waals surface area contributed by atoms with E-state index in [-0.39, 0.29) is 28.9 Å². The molecule has 2 fully saturated rings. The summed E-state index contributed by atoms with van der Waals surface area (Å²) in [6.45, 7) is 6.34. The van der Waals surface area contributed by atoms with Gasteiger partial charge in [-0.2, -0.15) is 0 Å². The maximum atomic E-state index is 14.1. The van der Waals surface area contributed by atoms with Crippen LogP contribution in [0.2, 0.25) is 0 Å². The lowest BCUT2D eigenvalue weighted by atomic mass is 10.0. The predicted molar refractivity (Wildman–Crippen MR) is 101 cm³/mol. The summed E-state index contributed by atoms with van der Waals surface area (Å²) in [5, 5.41) is 14.1. The van der Waals surface area contributed by atoms with Gasteiger partial charge in [0.15, 0.2) is 5.79 Å². The van der Waals surface area contributed by atoms with Crippen LogP contribution in [-0.4, -0.2) is 34.7 Å². The normalized spacial score (nSPS) is 35.4. The van der Waals surface area contributed by atoms with Gasteiger partial charge in [-0.15, -0.1) is 0 Å². The Morgan fingerprint density at radius 2 is 1.42 bits per heavy atom. The molecule has 2 aromatic carbocycles. The minimum Gasteiger partial charge on any atom is -0.632 e. The molecule has 0 radical (unpaired) electrons. The molecule has 2 aliphatic heterocycles. The number of nitrogens with zero attached hydrogens (tertiary/aromatic N) is 1. The molecule has 26 heavy (non-hydrogen) atoms. The zero-order chi connectivity index (χ0) is 18.4. The highest BCUT2D eigenvalue weighted by atomic mass is 16.8. The molecule has 2 aliphatic rings. The summed E-state index contributed by atoms with van der Waals surface area (Å²) in [5.41, 5.74) is 2.23. The first-order chi connectivity index (χ1) is 12.4. The summed E-state index contributed by atoms with van der Waals surface area (Å²) in [4.78, 5) is 0. The SMILES string of the molecule is C[C@@H]1[C@H]2OC(C)(C)O[C@H]2[C@@H](Cc2ccccc2)[N+]1([O-])Cc1ccccc1. The Balaban J connectivity index is 1.68. The minimum atomic E-state index is -0.628. The quantitative estimate of drug-likeness (QED) is 0.615. The van der Waals surface area contributed by atoms with E-state index >= 15 is 0 Å². The van der Waals surface area contributed by atoms with Gasteiger partial charge in [0.1, 0.15) is 30.8 Å². The Kier molecular flexibility index (Phi) is 4.40. The monoisotopic (exact) mass is 353 g/mol. The standard InChI is InChI=1S/C22H27NO3/c1-16-20-21(26-22(2,3)25-20)19(14-17-10-6-4-7-11-17)23(16,24)15-18-12-8-5-9-13-18/h4-13,16,19-21H,14-15H2,1-3H3/t16-,19-,20-,21+,23?/m1/s1. The minimum absolute atomic E-state index is 0.167. The molecule has 2 saturated heterocycles. The Morgan fingerprint density at radius 1 is 0.885 bits per heavy atom. The highest BCUT2D eigenvalue weighted by molar-refractivity contribution is 5.18. The topological polar surface area (TPSA) is 41.5 Å². The fourth-order valence-corrected chi connectivity index (χ4v) is 4.54. The lowest BCUT2D eigenvalue weighted by Crippen LogP contribution is -2.55. The summed E-state index contributed by atoms with van der Waals surface area (Å²) in [5.74, 6) is -0.628. The van der Waals surface area contributed by atoms with Crippen molar-refractivity contribution in [2.24, 2.45) is 0 Å². The number of likely N-dealkylation sites (tertiary alicyclic amines) is 1. The zero-order valence-electron chi connectivity index (χ0n) is 15.7. The fraction of sp³-hybridized carbons (Fsp3) is 0.455. The lowest BCUT2D eigenvalue weighted by Gasteiger charge is -2.49. The lowest BCUT2D eigenvalue weighted by molar-refractivity contribution is -0.930. The van der Waals surface area contributed by atoms with Crippen LogP contribution >= 0.6 is 0 Å². The molecule has 138 valence electrons. The highest BCUT2D eigenvalue weighted by Crippen LogP contribution is 2.46. The van der Waals surface area contributed by atoms with Crippen molar-refractivity contribution in [3.8, 4) is 0 Å². The van der Waals surface area contributed by atoms with Crippen molar-refractivity contribution in [1.82, 2.24) is 0 Å². The van der Waals surface area contributed by atoms with Crippen LogP contribution in [0.1, 0.15) is 31.9 Å². The van der Waals surface area contributed by atoms with Gasteiger partial charge in [-0.25, -0.2) is 0 Å². The molecule has 0 spiro atoms. The second-order valence-electron chi connectivity index (χ2n) is 8.06. The molecule has 0 aliphatic carbocycles. The number of benzene rings is 2. The van der Waals surface area contributed by atoms with Gasteiger partial charge in [-0.05, 0) is 26.3 Å². The molecule has 0 N–H and O–H groups in total. The van der Waals surface area contributed by atoms with Gasteiger partial charge >= 0.3 is 0 Å². The van der Waals surface area contributed by atoms with E-state index in [1.807, 2.05) is 69.3 Å². The highest BCUT2D eigenvalue weighted by Gasteiger charge is 2.62. The Labute approximate surface area is 155 Å². The molecule has 0 amide bonds. The van der Waals surface area contributed by atoms with Gasteiger partial charge in [0.25, 0.3) is 0 Å². The summed E-state index contributed by atoms with van der Waals surface area (Å²) in [6.07, 6.45) is 0.351. The van der Waals surface area contributed by atoms with Gasteiger partial charge in [0.2, 0.25) is 0 Å². The number of hydroxylamine groups is 3. The first kappa shape index (κ1) is 17.7. The van der Waals surface area contributed by atoms with Crippen LogP contribution in [-0.2, 0) is 22.4 Å². The largest absolute Gasteiger partial charge is 0.632 e. The Morgan fingerprint density at radius 3 is 2.04 bits per heavy atom. The van der Waals surface area contributed by atoms with Crippen LogP contribution in [0.3, 0.4) is 0 Å². The predicted octanol–water partition coefficient (Wildman–Crippen LogP) is 4.03. The molecule has 1 unspecified atom stereocenters. The van der Waals surface area contributed by atoms with Crippen molar-refractivity contribution in [1.29, 1.82) is 0 Å². The summed E-state index contributed by atoms with van der Waals surface area (Å²) >= 11 is 0. The molecule has 2 aromatic rings. The summed E-state index contributed by atoms with van der Waals surface area (Å²) < 4.78 is 12.1. The molecule has 4 heteroatoms. The van der Waals surface area contributed by atoms with Crippen molar-refractivity contribution >= 4 is 0 Å². The first-order valence-electron chi connectivity index (χ1n) is 9.41. The van der Waals surface area contributed by atoms with E-state index in [9.17, 15) is 5.21 Å². The van der Waals surface area contributed by atoms with Crippen molar-refractivity contribution in [3.63, 3.8) is 0 Å². The fourth-order valence-electron chi connectivity index (χ4n) is 4.54. The summed E-state index contributed by atoms with van der Waals surface area (Å²) in [6, 6.07) is 19.9. The second-order valence-corrected chi connectivity index (χ2v) is 8.06. The number of hydrogen-bond donors (Lipinski definition) is 0. The van der Waals surface area contributed by atoms with Crippen molar-refractivity contribution in [2.45, 2.75) is 63.8 Å². The first-order valence-corrected chi connectivity index (χ1v) is 9.41. The molecule has 2 heterocycles. The molecule has 0 bridgehead atoms. The van der Waals surface area contributed by atoms with Crippen molar-refractivity contribution < 1.29 is 14.1 Å². The van der Waals surface area contributed by atoms with Gasteiger partial charge < -0.3 is 19.3 Å². The van der Waals surface area contributed by atoms with E-state index in [0.717, 1.165) is 5.56 Å². The van der Waals surface area contributed by atoms with Crippen molar-refractivity contribution in [2.75, 3.05) is 0 Å². The molecule has 4 nitrogen and oxygen atoms in total. The van der Waals surface area contributed by atoms with Gasteiger partial charge in [-0.1, -0.05) is 60.7 Å². The van der Waals surface area contributed by atoms with E-state index in [4.69, 9.17) is 9.47 Å². The van der Waals surface area contributed by atoms with Crippen molar-refractivity contribution in [3.05, 3.63) is 77.0 Å².